The van der Waals surface area contributed by atoms with Gasteiger partial charge in [0.05, 0.1) is 0 Å². The standard InChI is InChI=1S/C15H23N5O/c1-11-9-19-8-3-2-5-12(19)10-20(11)15(21)13-6-4-7-14(17-13)18-16/h4,6-7,11-12H,2-3,5,8-10,16H2,1H3,(H,17,18). The SMILES string of the molecule is CC1CN2CCCCC2CN1C(=O)c1cccc(NN)n1. The summed E-state index contributed by atoms with van der Waals surface area (Å²) in [6.45, 7) is 5.06. The summed E-state index contributed by atoms with van der Waals surface area (Å²) < 4.78 is 0. The van der Waals surface area contributed by atoms with Crippen molar-refractivity contribution in [1.29, 1.82) is 0 Å². The smallest absolute Gasteiger partial charge is 0.272 e. The molecule has 6 heteroatoms. The highest BCUT2D eigenvalue weighted by Crippen LogP contribution is 2.25. The minimum Gasteiger partial charge on any atom is -0.332 e. The monoisotopic (exact) mass is 289 g/mol. The second-order valence-electron chi connectivity index (χ2n) is 6.00. The van der Waals surface area contributed by atoms with E-state index >= 15 is 0 Å². The predicted octanol–water partition coefficient (Wildman–Crippen LogP) is 1.07. The van der Waals surface area contributed by atoms with Crippen molar-refractivity contribution in [2.24, 2.45) is 5.84 Å². The van der Waals surface area contributed by atoms with Gasteiger partial charge < -0.3 is 10.3 Å². The molecule has 0 bridgehead atoms. The molecule has 2 saturated heterocycles. The molecule has 3 rings (SSSR count). The van der Waals surface area contributed by atoms with E-state index in [1.54, 1.807) is 18.2 Å². The van der Waals surface area contributed by atoms with Crippen LogP contribution >= 0.6 is 0 Å². The van der Waals surface area contributed by atoms with Gasteiger partial charge in [-0.15, -0.1) is 0 Å². The fraction of sp³-hybridized carbons (Fsp3) is 0.600. The third kappa shape index (κ3) is 2.87. The molecule has 6 nitrogen and oxygen atoms in total. The van der Waals surface area contributed by atoms with Crippen LogP contribution in [0.5, 0.6) is 0 Å². The third-order valence-electron chi connectivity index (χ3n) is 4.56. The molecule has 0 aliphatic carbocycles. The van der Waals surface area contributed by atoms with Crippen LogP contribution in [0.3, 0.4) is 0 Å². The molecule has 1 aromatic heterocycles. The number of nitrogen functional groups attached to an aromatic ring is 1. The van der Waals surface area contributed by atoms with Crippen LogP contribution < -0.4 is 11.3 Å². The van der Waals surface area contributed by atoms with Crippen molar-refractivity contribution in [3.8, 4) is 0 Å². The van der Waals surface area contributed by atoms with E-state index in [0.717, 1.165) is 13.1 Å². The highest BCUT2D eigenvalue weighted by Gasteiger charge is 2.35. The lowest BCUT2D eigenvalue weighted by atomic mass is 9.97. The fourth-order valence-electron chi connectivity index (χ4n) is 3.42. The number of carbonyl (C=O) groups is 1. The molecule has 3 heterocycles. The number of anilines is 1. The van der Waals surface area contributed by atoms with Gasteiger partial charge in [-0.3, -0.25) is 9.69 Å². The summed E-state index contributed by atoms with van der Waals surface area (Å²) in [5.41, 5.74) is 2.95. The van der Waals surface area contributed by atoms with Gasteiger partial charge >= 0.3 is 0 Å². The van der Waals surface area contributed by atoms with Gasteiger partial charge in [0.2, 0.25) is 0 Å². The quantitative estimate of drug-likeness (QED) is 0.629. The predicted molar refractivity (Wildman–Crippen MR) is 81.8 cm³/mol. The maximum atomic E-state index is 12.7. The Morgan fingerprint density at radius 1 is 1.38 bits per heavy atom. The van der Waals surface area contributed by atoms with Crippen molar-refractivity contribution in [2.45, 2.75) is 38.3 Å². The van der Waals surface area contributed by atoms with Gasteiger partial charge in [-0.05, 0) is 38.4 Å². The number of nitrogens with two attached hydrogens (primary N) is 1. The Morgan fingerprint density at radius 3 is 3.05 bits per heavy atom. The van der Waals surface area contributed by atoms with Crippen LogP contribution in [0.2, 0.25) is 0 Å². The molecule has 0 spiro atoms. The number of fused-ring (bicyclic) bond motifs is 1. The van der Waals surface area contributed by atoms with Crippen LogP contribution in [0.15, 0.2) is 18.2 Å². The molecule has 114 valence electrons. The number of hydrogen-bond acceptors (Lipinski definition) is 5. The lowest BCUT2D eigenvalue weighted by Gasteiger charge is -2.47. The van der Waals surface area contributed by atoms with Gasteiger partial charge in [-0.1, -0.05) is 12.5 Å². The van der Waals surface area contributed by atoms with Crippen LogP contribution in [0.4, 0.5) is 5.82 Å². The Hall–Kier alpha value is -1.66. The molecule has 0 saturated carbocycles. The Labute approximate surface area is 125 Å². The molecule has 2 aliphatic rings. The molecule has 3 N–H and O–H groups in total. The largest absolute Gasteiger partial charge is 0.332 e. The maximum Gasteiger partial charge on any atom is 0.272 e. The van der Waals surface area contributed by atoms with Crippen molar-refractivity contribution in [3.63, 3.8) is 0 Å². The highest BCUT2D eigenvalue weighted by molar-refractivity contribution is 5.93. The second kappa shape index (κ2) is 5.99. The summed E-state index contributed by atoms with van der Waals surface area (Å²) in [5, 5.41) is 0. The van der Waals surface area contributed by atoms with E-state index in [2.05, 4.69) is 22.2 Å². The van der Waals surface area contributed by atoms with E-state index in [-0.39, 0.29) is 11.9 Å². The van der Waals surface area contributed by atoms with Gasteiger partial charge in [-0.25, -0.2) is 10.8 Å². The number of nitrogens with one attached hydrogen (secondary N) is 1. The van der Waals surface area contributed by atoms with Crippen LogP contribution in [0.1, 0.15) is 36.7 Å². The molecule has 0 aromatic carbocycles. The van der Waals surface area contributed by atoms with Crippen molar-refractivity contribution in [1.82, 2.24) is 14.8 Å². The Bertz CT molecular complexity index is 521. The second-order valence-corrected chi connectivity index (χ2v) is 6.00. The third-order valence-corrected chi connectivity index (χ3v) is 4.56. The van der Waals surface area contributed by atoms with Crippen molar-refractivity contribution >= 4 is 11.7 Å². The highest BCUT2D eigenvalue weighted by atomic mass is 16.2. The van der Waals surface area contributed by atoms with E-state index in [4.69, 9.17) is 5.84 Å². The number of rotatable bonds is 2. The first-order chi connectivity index (χ1) is 10.2. The first kappa shape index (κ1) is 14.3. The molecule has 2 fully saturated rings. The number of nitrogens with zero attached hydrogens (tertiary/aromatic N) is 3. The first-order valence-corrected chi connectivity index (χ1v) is 7.67. The van der Waals surface area contributed by atoms with Crippen molar-refractivity contribution in [3.05, 3.63) is 23.9 Å². The first-order valence-electron chi connectivity index (χ1n) is 7.67. The van der Waals surface area contributed by atoms with Crippen LogP contribution in [0.25, 0.3) is 0 Å². The number of carbonyl (C=O) groups excluding carboxylic acids is 1. The normalized spacial score (nSPS) is 26.3. The number of amides is 1. The average Bonchev–Trinajstić information content (AvgIpc) is 2.53. The molecule has 0 radical (unpaired) electrons. The Kier molecular flexibility index (Phi) is 4.07. The molecule has 2 aliphatic heterocycles. The van der Waals surface area contributed by atoms with Gasteiger partial charge in [0, 0.05) is 25.2 Å². The van der Waals surface area contributed by atoms with E-state index in [1.165, 1.54) is 25.8 Å². The van der Waals surface area contributed by atoms with E-state index in [0.29, 0.717) is 17.6 Å². The van der Waals surface area contributed by atoms with Gasteiger partial charge in [0.1, 0.15) is 11.5 Å². The number of pyridine rings is 1. The van der Waals surface area contributed by atoms with Crippen LogP contribution in [0, 0.1) is 0 Å². The number of hydrogen-bond donors (Lipinski definition) is 2. The summed E-state index contributed by atoms with van der Waals surface area (Å²) >= 11 is 0. The number of hydrazine groups is 1. The zero-order chi connectivity index (χ0) is 14.8. The van der Waals surface area contributed by atoms with Crippen LogP contribution in [-0.4, -0.2) is 52.4 Å². The van der Waals surface area contributed by atoms with Gasteiger partial charge in [-0.2, -0.15) is 0 Å². The van der Waals surface area contributed by atoms with E-state index in [1.807, 2.05) is 4.90 Å². The molecule has 1 aromatic rings. The molecule has 1 amide bonds. The minimum atomic E-state index is 0.00447. The lowest BCUT2D eigenvalue weighted by Crippen LogP contribution is -2.60. The van der Waals surface area contributed by atoms with E-state index in [9.17, 15) is 4.79 Å². The zero-order valence-electron chi connectivity index (χ0n) is 12.5. The molecule has 2 unspecified atom stereocenters. The molecular weight excluding hydrogens is 266 g/mol. The van der Waals surface area contributed by atoms with Crippen molar-refractivity contribution < 1.29 is 4.79 Å². The Morgan fingerprint density at radius 2 is 2.24 bits per heavy atom. The number of aromatic nitrogens is 1. The minimum absolute atomic E-state index is 0.00447. The molecular formula is C15H23N5O. The average molecular weight is 289 g/mol. The Balaban J connectivity index is 1.77. The maximum absolute atomic E-state index is 12.7. The summed E-state index contributed by atoms with van der Waals surface area (Å²) in [6.07, 6.45) is 3.74. The molecule has 21 heavy (non-hydrogen) atoms. The van der Waals surface area contributed by atoms with Crippen LogP contribution in [-0.2, 0) is 0 Å². The zero-order valence-corrected chi connectivity index (χ0v) is 12.5. The summed E-state index contributed by atoms with van der Waals surface area (Å²) in [7, 11) is 0. The summed E-state index contributed by atoms with van der Waals surface area (Å²) in [6, 6.07) is 6.04. The fourth-order valence-corrected chi connectivity index (χ4v) is 3.42. The lowest BCUT2D eigenvalue weighted by molar-refractivity contribution is 0.0148. The van der Waals surface area contributed by atoms with Gasteiger partial charge in [0.15, 0.2) is 0 Å². The van der Waals surface area contributed by atoms with E-state index < -0.39 is 0 Å². The summed E-state index contributed by atoms with van der Waals surface area (Å²) in [4.78, 5) is 21.5. The summed E-state index contributed by atoms with van der Waals surface area (Å²) in [5.74, 6) is 5.89. The number of piperazine rings is 1. The number of piperidine rings is 1. The van der Waals surface area contributed by atoms with Gasteiger partial charge in [0.25, 0.3) is 5.91 Å². The molecule has 2 atom stereocenters. The topological polar surface area (TPSA) is 74.5 Å². The van der Waals surface area contributed by atoms with Crippen molar-refractivity contribution in [2.75, 3.05) is 25.1 Å².